The topological polar surface area (TPSA) is 38.7 Å². The van der Waals surface area contributed by atoms with E-state index < -0.39 is 23.8 Å². The SMILES string of the molecule is Cc1ccc(C(O)C2COc3ccccc3O2)c(F)c1F. The van der Waals surface area contributed by atoms with Crippen LogP contribution in [0.1, 0.15) is 17.2 Å². The fourth-order valence-electron chi connectivity index (χ4n) is 2.28. The van der Waals surface area contributed by atoms with Gasteiger partial charge in [-0.1, -0.05) is 24.3 Å². The molecule has 5 heteroatoms. The summed E-state index contributed by atoms with van der Waals surface area (Å²) in [6.45, 7) is 1.53. The van der Waals surface area contributed by atoms with Crippen molar-refractivity contribution in [3.05, 3.63) is 59.2 Å². The Morgan fingerprint density at radius 3 is 2.57 bits per heavy atom. The first kappa shape index (κ1) is 13.8. The minimum atomic E-state index is -1.31. The second kappa shape index (κ2) is 5.33. The van der Waals surface area contributed by atoms with Gasteiger partial charge in [-0.05, 0) is 24.6 Å². The van der Waals surface area contributed by atoms with E-state index in [1.807, 2.05) is 0 Å². The molecule has 0 fully saturated rings. The fourth-order valence-corrected chi connectivity index (χ4v) is 2.28. The van der Waals surface area contributed by atoms with Crippen LogP contribution < -0.4 is 9.47 Å². The van der Waals surface area contributed by atoms with E-state index in [9.17, 15) is 13.9 Å². The Bertz CT molecular complexity index is 673. The predicted molar refractivity (Wildman–Crippen MR) is 72.4 cm³/mol. The Morgan fingerprint density at radius 1 is 1.10 bits per heavy atom. The van der Waals surface area contributed by atoms with Gasteiger partial charge in [0.25, 0.3) is 0 Å². The number of aliphatic hydroxyl groups excluding tert-OH is 1. The van der Waals surface area contributed by atoms with Gasteiger partial charge in [0.2, 0.25) is 0 Å². The summed E-state index contributed by atoms with van der Waals surface area (Å²) >= 11 is 0. The zero-order chi connectivity index (χ0) is 15.0. The van der Waals surface area contributed by atoms with Crippen molar-refractivity contribution in [2.45, 2.75) is 19.1 Å². The van der Waals surface area contributed by atoms with Gasteiger partial charge < -0.3 is 14.6 Å². The Kier molecular flexibility index (Phi) is 3.51. The third-order valence-corrected chi connectivity index (χ3v) is 3.51. The maximum absolute atomic E-state index is 13.9. The molecule has 0 aromatic heterocycles. The lowest BCUT2D eigenvalue weighted by Gasteiger charge is -2.30. The summed E-state index contributed by atoms with van der Waals surface area (Å²) in [6.07, 6.45) is -2.11. The quantitative estimate of drug-likeness (QED) is 0.924. The van der Waals surface area contributed by atoms with Gasteiger partial charge in [0.15, 0.2) is 29.2 Å². The molecule has 1 N–H and O–H groups in total. The molecule has 0 saturated carbocycles. The van der Waals surface area contributed by atoms with Crippen molar-refractivity contribution < 1.29 is 23.4 Å². The number of aliphatic hydroxyl groups is 1. The average Bonchev–Trinajstić information content (AvgIpc) is 2.52. The highest BCUT2D eigenvalue weighted by atomic mass is 19.2. The standard InChI is InChI=1S/C16H14F2O3/c1-9-6-7-10(15(18)14(9)17)16(19)13-8-20-11-4-2-3-5-12(11)21-13/h2-7,13,16,19H,8H2,1H3. The van der Waals surface area contributed by atoms with Gasteiger partial charge in [0.1, 0.15) is 12.7 Å². The molecule has 0 radical (unpaired) electrons. The molecule has 0 aliphatic carbocycles. The first-order chi connectivity index (χ1) is 10.1. The highest BCUT2D eigenvalue weighted by Gasteiger charge is 2.31. The molecule has 0 spiro atoms. The van der Waals surface area contributed by atoms with Gasteiger partial charge in [0.05, 0.1) is 0 Å². The van der Waals surface area contributed by atoms with Gasteiger partial charge in [-0.15, -0.1) is 0 Å². The molecule has 1 heterocycles. The molecular formula is C16H14F2O3. The normalized spacial score (nSPS) is 18.4. The van der Waals surface area contributed by atoms with E-state index in [0.717, 1.165) is 0 Å². The summed E-state index contributed by atoms with van der Waals surface area (Å²) in [5.74, 6) is -0.967. The van der Waals surface area contributed by atoms with Crippen molar-refractivity contribution >= 4 is 0 Å². The monoisotopic (exact) mass is 292 g/mol. The zero-order valence-corrected chi connectivity index (χ0v) is 11.3. The van der Waals surface area contributed by atoms with Crippen LogP contribution in [0.25, 0.3) is 0 Å². The predicted octanol–water partition coefficient (Wildman–Crippen LogP) is 3.15. The number of para-hydroxylation sites is 2. The Morgan fingerprint density at radius 2 is 1.81 bits per heavy atom. The number of halogens is 2. The lowest BCUT2D eigenvalue weighted by molar-refractivity contribution is -0.0131. The molecule has 2 aromatic rings. The van der Waals surface area contributed by atoms with Crippen LogP contribution in [0.5, 0.6) is 11.5 Å². The molecule has 2 aromatic carbocycles. The summed E-state index contributed by atoms with van der Waals surface area (Å²) in [5.41, 5.74) is 0.0562. The smallest absolute Gasteiger partial charge is 0.165 e. The first-order valence-corrected chi connectivity index (χ1v) is 6.59. The van der Waals surface area contributed by atoms with E-state index in [4.69, 9.17) is 9.47 Å². The van der Waals surface area contributed by atoms with Crippen LogP contribution in [-0.2, 0) is 0 Å². The summed E-state index contributed by atoms with van der Waals surface area (Å²) in [5, 5.41) is 10.3. The fraction of sp³-hybridized carbons (Fsp3) is 0.250. The Balaban J connectivity index is 1.87. The van der Waals surface area contributed by atoms with Crippen LogP contribution in [0.2, 0.25) is 0 Å². The van der Waals surface area contributed by atoms with E-state index in [1.165, 1.54) is 19.1 Å². The van der Waals surface area contributed by atoms with Crippen LogP contribution in [0, 0.1) is 18.6 Å². The third-order valence-electron chi connectivity index (χ3n) is 3.51. The molecule has 1 aliphatic heterocycles. The van der Waals surface area contributed by atoms with E-state index in [0.29, 0.717) is 11.5 Å². The number of hydrogen-bond donors (Lipinski definition) is 1. The van der Waals surface area contributed by atoms with Gasteiger partial charge in [-0.25, -0.2) is 8.78 Å². The van der Waals surface area contributed by atoms with Gasteiger partial charge in [0, 0.05) is 5.56 Å². The first-order valence-electron chi connectivity index (χ1n) is 6.59. The summed E-state index contributed by atoms with van der Waals surface area (Å²) < 4.78 is 38.6. The van der Waals surface area contributed by atoms with Crippen LogP contribution in [0.15, 0.2) is 36.4 Å². The van der Waals surface area contributed by atoms with E-state index >= 15 is 0 Å². The second-order valence-electron chi connectivity index (χ2n) is 4.96. The summed E-state index contributed by atoms with van der Waals surface area (Å²) in [4.78, 5) is 0. The highest BCUT2D eigenvalue weighted by molar-refractivity contribution is 5.41. The number of hydrogen-bond acceptors (Lipinski definition) is 3. The van der Waals surface area contributed by atoms with Crippen LogP contribution in [-0.4, -0.2) is 17.8 Å². The highest BCUT2D eigenvalue weighted by Crippen LogP contribution is 2.35. The maximum Gasteiger partial charge on any atom is 0.165 e. The minimum absolute atomic E-state index is 0.0626. The lowest BCUT2D eigenvalue weighted by Crippen LogP contribution is -2.35. The van der Waals surface area contributed by atoms with E-state index in [2.05, 4.69) is 0 Å². The lowest BCUT2D eigenvalue weighted by atomic mass is 10.0. The van der Waals surface area contributed by atoms with Crippen molar-refractivity contribution in [2.24, 2.45) is 0 Å². The average molecular weight is 292 g/mol. The number of fused-ring (bicyclic) bond motifs is 1. The molecule has 3 nitrogen and oxygen atoms in total. The Labute approximate surface area is 120 Å². The second-order valence-corrected chi connectivity index (χ2v) is 4.96. The van der Waals surface area contributed by atoms with Crippen molar-refractivity contribution in [3.63, 3.8) is 0 Å². The van der Waals surface area contributed by atoms with Crippen molar-refractivity contribution in [1.82, 2.24) is 0 Å². The number of rotatable bonds is 2. The van der Waals surface area contributed by atoms with Crippen LogP contribution in [0.3, 0.4) is 0 Å². The number of ether oxygens (including phenoxy) is 2. The van der Waals surface area contributed by atoms with E-state index in [-0.39, 0.29) is 17.7 Å². The van der Waals surface area contributed by atoms with E-state index in [1.54, 1.807) is 24.3 Å². The molecule has 2 unspecified atom stereocenters. The van der Waals surface area contributed by atoms with Crippen LogP contribution >= 0.6 is 0 Å². The molecule has 2 atom stereocenters. The van der Waals surface area contributed by atoms with Crippen molar-refractivity contribution in [3.8, 4) is 11.5 Å². The Hall–Kier alpha value is -2.14. The molecule has 1 aliphatic rings. The molecular weight excluding hydrogens is 278 g/mol. The van der Waals surface area contributed by atoms with Gasteiger partial charge >= 0.3 is 0 Å². The molecule has 3 rings (SSSR count). The summed E-state index contributed by atoms with van der Waals surface area (Å²) in [6, 6.07) is 9.79. The minimum Gasteiger partial charge on any atom is -0.486 e. The third kappa shape index (κ3) is 2.45. The van der Waals surface area contributed by atoms with Crippen molar-refractivity contribution in [1.29, 1.82) is 0 Å². The van der Waals surface area contributed by atoms with Gasteiger partial charge in [-0.2, -0.15) is 0 Å². The molecule has 0 saturated heterocycles. The van der Waals surface area contributed by atoms with Gasteiger partial charge in [-0.3, -0.25) is 0 Å². The molecule has 110 valence electrons. The maximum atomic E-state index is 13.9. The number of benzene rings is 2. The molecule has 0 bridgehead atoms. The van der Waals surface area contributed by atoms with Crippen LogP contribution in [0.4, 0.5) is 8.78 Å². The molecule has 0 amide bonds. The largest absolute Gasteiger partial charge is 0.486 e. The molecule has 21 heavy (non-hydrogen) atoms. The van der Waals surface area contributed by atoms with Crippen molar-refractivity contribution in [2.75, 3.05) is 6.61 Å². The number of aryl methyl sites for hydroxylation is 1. The zero-order valence-electron chi connectivity index (χ0n) is 11.3. The summed E-state index contributed by atoms with van der Waals surface area (Å²) in [7, 11) is 0.